The molecule has 1 heterocycles. The van der Waals surface area contributed by atoms with Gasteiger partial charge >= 0.3 is 0 Å². The standard InChI is InChI=1S/C28H23N3O5/c1-2-33-26-12-19(7-9-24(26)34-17-22-6-4-3-5-21(22)14-29)11-23(15-30)28(32)31-16-20-8-10-25-27(13-20)36-18-35-25/h3-13H,2,16-18H2,1H3,(H,31,32)/b23-11+. The summed E-state index contributed by atoms with van der Waals surface area (Å²) in [6.07, 6.45) is 1.49. The first-order valence-electron chi connectivity index (χ1n) is 11.3. The number of ether oxygens (including phenoxy) is 4. The number of fused-ring (bicyclic) bond motifs is 1. The number of hydrogen-bond donors (Lipinski definition) is 1. The van der Waals surface area contributed by atoms with Crippen molar-refractivity contribution in [2.75, 3.05) is 13.4 Å². The van der Waals surface area contributed by atoms with Crippen molar-refractivity contribution in [1.29, 1.82) is 10.5 Å². The van der Waals surface area contributed by atoms with Gasteiger partial charge in [0.05, 0.1) is 18.2 Å². The Morgan fingerprint density at radius 2 is 1.86 bits per heavy atom. The van der Waals surface area contributed by atoms with E-state index in [2.05, 4.69) is 11.4 Å². The maximum atomic E-state index is 12.6. The Kier molecular flexibility index (Phi) is 7.70. The lowest BCUT2D eigenvalue weighted by Gasteiger charge is -2.13. The van der Waals surface area contributed by atoms with Crippen molar-refractivity contribution in [2.45, 2.75) is 20.1 Å². The SMILES string of the molecule is CCOc1cc(/C=C(\C#N)C(=O)NCc2ccc3c(c2)OCO3)ccc1OCc1ccccc1C#N. The summed E-state index contributed by atoms with van der Waals surface area (Å²) < 4.78 is 22.3. The number of carbonyl (C=O) groups is 1. The Balaban J connectivity index is 1.45. The molecule has 1 aliphatic rings. The Morgan fingerprint density at radius 3 is 2.67 bits per heavy atom. The topological polar surface area (TPSA) is 114 Å². The monoisotopic (exact) mass is 481 g/mol. The van der Waals surface area contributed by atoms with Crippen LogP contribution in [0.1, 0.15) is 29.2 Å². The van der Waals surface area contributed by atoms with Gasteiger partial charge in [0.25, 0.3) is 5.91 Å². The molecule has 3 aromatic carbocycles. The van der Waals surface area contributed by atoms with Crippen molar-refractivity contribution < 1.29 is 23.7 Å². The quantitative estimate of drug-likeness (QED) is 0.354. The molecule has 0 fully saturated rings. The van der Waals surface area contributed by atoms with E-state index in [4.69, 9.17) is 18.9 Å². The third-order valence-electron chi connectivity index (χ3n) is 5.35. The lowest BCUT2D eigenvalue weighted by Crippen LogP contribution is -2.23. The van der Waals surface area contributed by atoms with Crippen LogP contribution in [0.2, 0.25) is 0 Å². The fourth-order valence-corrected chi connectivity index (χ4v) is 3.56. The molecule has 180 valence electrons. The van der Waals surface area contributed by atoms with E-state index < -0.39 is 5.91 Å². The van der Waals surface area contributed by atoms with Gasteiger partial charge in [0.1, 0.15) is 18.2 Å². The number of rotatable bonds is 9. The predicted octanol–water partition coefficient (Wildman–Crippen LogP) is 4.49. The van der Waals surface area contributed by atoms with Crippen molar-refractivity contribution >= 4 is 12.0 Å². The van der Waals surface area contributed by atoms with Crippen LogP contribution < -0.4 is 24.3 Å². The molecule has 1 aliphatic heterocycles. The highest BCUT2D eigenvalue weighted by Crippen LogP contribution is 2.33. The van der Waals surface area contributed by atoms with Crippen molar-refractivity contribution in [1.82, 2.24) is 5.32 Å². The molecule has 1 amide bonds. The number of amides is 1. The molecule has 36 heavy (non-hydrogen) atoms. The van der Waals surface area contributed by atoms with Crippen molar-refractivity contribution in [3.05, 3.63) is 88.5 Å². The minimum absolute atomic E-state index is 0.0465. The third kappa shape index (κ3) is 5.75. The fourth-order valence-electron chi connectivity index (χ4n) is 3.56. The van der Waals surface area contributed by atoms with E-state index in [-0.39, 0.29) is 25.5 Å². The molecule has 4 rings (SSSR count). The normalized spacial score (nSPS) is 11.8. The molecular formula is C28H23N3O5. The van der Waals surface area contributed by atoms with Gasteiger partial charge in [-0.15, -0.1) is 0 Å². The zero-order chi connectivity index (χ0) is 25.3. The second-order valence-corrected chi connectivity index (χ2v) is 7.74. The molecule has 0 saturated heterocycles. The lowest BCUT2D eigenvalue weighted by atomic mass is 10.1. The predicted molar refractivity (Wildman–Crippen MR) is 131 cm³/mol. The van der Waals surface area contributed by atoms with Crippen LogP contribution in [0.5, 0.6) is 23.0 Å². The number of hydrogen-bond acceptors (Lipinski definition) is 7. The Morgan fingerprint density at radius 1 is 1.03 bits per heavy atom. The minimum Gasteiger partial charge on any atom is -0.490 e. The highest BCUT2D eigenvalue weighted by Gasteiger charge is 2.15. The first-order chi connectivity index (χ1) is 17.6. The fraction of sp³-hybridized carbons (Fsp3) is 0.179. The molecular weight excluding hydrogens is 458 g/mol. The van der Waals surface area contributed by atoms with Crippen LogP contribution in [0.4, 0.5) is 0 Å². The van der Waals surface area contributed by atoms with E-state index in [9.17, 15) is 15.3 Å². The molecule has 0 bridgehead atoms. The van der Waals surface area contributed by atoms with Gasteiger partial charge in [-0.1, -0.05) is 30.3 Å². The van der Waals surface area contributed by atoms with Gasteiger partial charge in [0.2, 0.25) is 6.79 Å². The molecule has 0 saturated carbocycles. The van der Waals surface area contributed by atoms with E-state index in [1.54, 1.807) is 42.5 Å². The van der Waals surface area contributed by atoms with Gasteiger partial charge in [-0.05, 0) is 54.5 Å². The number of carbonyl (C=O) groups excluding carboxylic acids is 1. The van der Waals surface area contributed by atoms with Gasteiger partial charge in [0, 0.05) is 12.1 Å². The van der Waals surface area contributed by atoms with Crippen LogP contribution in [0.25, 0.3) is 6.08 Å². The molecule has 0 spiro atoms. The number of nitriles is 2. The summed E-state index contributed by atoms with van der Waals surface area (Å²) in [6, 6.07) is 21.9. The van der Waals surface area contributed by atoms with Crippen molar-refractivity contribution in [3.63, 3.8) is 0 Å². The van der Waals surface area contributed by atoms with Crippen LogP contribution in [-0.2, 0) is 17.9 Å². The molecule has 8 nitrogen and oxygen atoms in total. The minimum atomic E-state index is -0.499. The summed E-state index contributed by atoms with van der Waals surface area (Å²) in [4.78, 5) is 12.6. The summed E-state index contributed by atoms with van der Waals surface area (Å²) in [6.45, 7) is 2.86. The molecule has 0 aliphatic carbocycles. The van der Waals surface area contributed by atoms with E-state index in [0.29, 0.717) is 40.7 Å². The van der Waals surface area contributed by atoms with Crippen LogP contribution in [0.3, 0.4) is 0 Å². The van der Waals surface area contributed by atoms with Crippen LogP contribution in [0, 0.1) is 22.7 Å². The lowest BCUT2D eigenvalue weighted by molar-refractivity contribution is -0.117. The van der Waals surface area contributed by atoms with Gasteiger partial charge < -0.3 is 24.3 Å². The van der Waals surface area contributed by atoms with Crippen molar-refractivity contribution in [2.24, 2.45) is 0 Å². The Hall–Kier alpha value is -4.95. The van der Waals surface area contributed by atoms with Crippen molar-refractivity contribution in [3.8, 4) is 35.1 Å². The van der Waals surface area contributed by atoms with Crippen LogP contribution in [-0.4, -0.2) is 19.3 Å². The molecule has 0 atom stereocenters. The van der Waals surface area contributed by atoms with Gasteiger partial charge in [-0.2, -0.15) is 10.5 Å². The molecule has 1 N–H and O–H groups in total. The zero-order valence-corrected chi connectivity index (χ0v) is 19.6. The average Bonchev–Trinajstić information content (AvgIpc) is 3.38. The molecule has 0 aromatic heterocycles. The highest BCUT2D eigenvalue weighted by atomic mass is 16.7. The maximum Gasteiger partial charge on any atom is 0.262 e. The second kappa shape index (κ2) is 11.5. The van der Waals surface area contributed by atoms with Gasteiger partial charge in [-0.3, -0.25) is 4.79 Å². The summed E-state index contributed by atoms with van der Waals surface area (Å²) in [7, 11) is 0. The van der Waals surface area contributed by atoms with E-state index in [1.165, 1.54) is 6.08 Å². The summed E-state index contributed by atoms with van der Waals surface area (Å²) in [5, 5.41) is 21.6. The molecule has 8 heteroatoms. The largest absolute Gasteiger partial charge is 0.490 e. The average molecular weight is 482 g/mol. The summed E-state index contributed by atoms with van der Waals surface area (Å²) in [5.74, 6) is 1.75. The Labute approximate surface area is 208 Å². The number of benzene rings is 3. The van der Waals surface area contributed by atoms with Crippen LogP contribution >= 0.6 is 0 Å². The highest BCUT2D eigenvalue weighted by molar-refractivity contribution is 6.01. The molecule has 0 radical (unpaired) electrons. The second-order valence-electron chi connectivity index (χ2n) is 7.74. The van der Waals surface area contributed by atoms with Crippen LogP contribution in [0.15, 0.2) is 66.2 Å². The maximum absolute atomic E-state index is 12.6. The number of nitrogens with zero attached hydrogens (tertiary/aromatic N) is 2. The van der Waals surface area contributed by atoms with E-state index in [0.717, 1.165) is 11.1 Å². The Bertz CT molecular complexity index is 1380. The third-order valence-corrected chi connectivity index (χ3v) is 5.35. The van der Waals surface area contributed by atoms with Gasteiger partial charge in [0.15, 0.2) is 23.0 Å². The summed E-state index contributed by atoms with van der Waals surface area (Å²) >= 11 is 0. The van der Waals surface area contributed by atoms with E-state index in [1.807, 2.05) is 31.2 Å². The summed E-state index contributed by atoms with van der Waals surface area (Å²) in [5.41, 5.74) is 2.69. The molecule has 0 unspecified atom stereocenters. The number of nitrogens with one attached hydrogen (secondary N) is 1. The first-order valence-corrected chi connectivity index (χ1v) is 11.3. The first kappa shape index (κ1) is 24.2. The molecule has 3 aromatic rings. The van der Waals surface area contributed by atoms with Gasteiger partial charge in [-0.25, -0.2) is 0 Å². The smallest absolute Gasteiger partial charge is 0.262 e. The van der Waals surface area contributed by atoms with E-state index >= 15 is 0 Å². The zero-order valence-electron chi connectivity index (χ0n) is 19.6.